The van der Waals surface area contributed by atoms with Crippen molar-refractivity contribution in [3.63, 3.8) is 0 Å². The SMILES string of the molecule is Cc1c2n(ccc1=O)N(C1c3ccccc3CCc3cc(Cl)ccc31)CN(C(C)C)C2=O. The summed E-state index contributed by atoms with van der Waals surface area (Å²) in [6.45, 7) is 6.18. The number of aryl methyl sites for hydroxylation is 2. The van der Waals surface area contributed by atoms with E-state index in [9.17, 15) is 9.59 Å². The highest BCUT2D eigenvalue weighted by molar-refractivity contribution is 6.30. The Morgan fingerprint density at radius 3 is 2.47 bits per heavy atom. The first-order valence-corrected chi connectivity index (χ1v) is 11.4. The lowest BCUT2D eigenvalue weighted by molar-refractivity contribution is 0.0625. The van der Waals surface area contributed by atoms with E-state index in [1.807, 2.05) is 29.5 Å². The number of carbonyl (C=O) groups is 1. The van der Waals surface area contributed by atoms with E-state index < -0.39 is 0 Å². The Morgan fingerprint density at radius 1 is 0.969 bits per heavy atom. The van der Waals surface area contributed by atoms with Crippen molar-refractivity contribution in [2.24, 2.45) is 0 Å². The Labute approximate surface area is 192 Å². The van der Waals surface area contributed by atoms with Gasteiger partial charge in [-0.15, -0.1) is 0 Å². The van der Waals surface area contributed by atoms with Gasteiger partial charge < -0.3 is 4.90 Å². The number of nitrogens with zero attached hydrogens (tertiary/aromatic N) is 3. The topological polar surface area (TPSA) is 45.6 Å². The molecule has 5 nitrogen and oxygen atoms in total. The molecule has 1 aliphatic heterocycles. The van der Waals surface area contributed by atoms with Crippen LogP contribution in [0, 0.1) is 6.92 Å². The van der Waals surface area contributed by atoms with Gasteiger partial charge in [-0.05, 0) is 68.0 Å². The van der Waals surface area contributed by atoms with Crippen LogP contribution in [0.15, 0.2) is 59.5 Å². The van der Waals surface area contributed by atoms with Crippen molar-refractivity contribution in [1.29, 1.82) is 0 Å². The summed E-state index contributed by atoms with van der Waals surface area (Å²) in [7, 11) is 0. The van der Waals surface area contributed by atoms with Crippen LogP contribution in [0.5, 0.6) is 0 Å². The van der Waals surface area contributed by atoms with Crippen LogP contribution >= 0.6 is 11.6 Å². The van der Waals surface area contributed by atoms with Crippen LogP contribution in [0.3, 0.4) is 0 Å². The summed E-state index contributed by atoms with van der Waals surface area (Å²) in [4.78, 5) is 27.7. The lowest BCUT2D eigenvalue weighted by Gasteiger charge is -2.46. The van der Waals surface area contributed by atoms with Gasteiger partial charge in [0.15, 0.2) is 5.43 Å². The maximum atomic E-state index is 13.4. The average molecular weight is 448 g/mol. The van der Waals surface area contributed by atoms with Gasteiger partial charge in [-0.25, -0.2) is 0 Å². The van der Waals surface area contributed by atoms with Crippen molar-refractivity contribution < 1.29 is 4.79 Å². The second kappa shape index (κ2) is 7.82. The molecule has 0 spiro atoms. The van der Waals surface area contributed by atoms with Crippen LogP contribution in [-0.2, 0) is 12.8 Å². The highest BCUT2D eigenvalue weighted by Gasteiger charge is 2.38. The fraction of sp³-hybridized carbons (Fsp3) is 0.308. The Balaban J connectivity index is 1.79. The van der Waals surface area contributed by atoms with Crippen molar-refractivity contribution in [2.45, 2.75) is 45.7 Å². The average Bonchev–Trinajstić information content (AvgIpc) is 2.93. The number of pyridine rings is 1. The third-order valence-corrected chi connectivity index (χ3v) is 6.93. The molecule has 5 rings (SSSR count). The number of halogens is 1. The second-order valence-corrected chi connectivity index (χ2v) is 9.33. The Kier molecular flexibility index (Phi) is 5.09. The van der Waals surface area contributed by atoms with Gasteiger partial charge in [-0.1, -0.05) is 41.9 Å². The van der Waals surface area contributed by atoms with Gasteiger partial charge in [0.25, 0.3) is 5.91 Å². The molecule has 1 aromatic heterocycles. The predicted molar refractivity (Wildman–Crippen MR) is 127 cm³/mol. The molecule has 6 heteroatoms. The number of fused-ring (bicyclic) bond motifs is 3. The van der Waals surface area contributed by atoms with Crippen LogP contribution in [0.2, 0.25) is 5.02 Å². The Morgan fingerprint density at radius 2 is 1.69 bits per heavy atom. The summed E-state index contributed by atoms with van der Waals surface area (Å²) >= 11 is 6.37. The van der Waals surface area contributed by atoms with E-state index >= 15 is 0 Å². The first kappa shape index (κ1) is 20.8. The maximum Gasteiger partial charge on any atom is 0.274 e. The normalized spacial score (nSPS) is 17.7. The van der Waals surface area contributed by atoms with Gasteiger partial charge in [0.05, 0.1) is 6.04 Å². The molecule has 0 radical (unpaired) electrons. The van der Waals surface area contributed by atoms with Crippen LogP contribution in [-0.4, -0.2) is 28.2 Å². The van der Waals surface area contributed by atoms with Crippen molar-refractivity contribution in [2.75, 3.05) is 11.7 Å². The van der Waals surface area contributed by atoms with Gasteiger partial charge in [-0.3, -0.25) is 19.3 Å². The Bertz CT molecular complexity index is 1280. The van der Waals surface area contributed by atoms with Crippen LogP contribution in [0.1, 0.15) is 58.2 Å². The quantitative estimate of drug-likeness (QED) is 0.582. The fourth-order valence-corrected chi connectivity index (χ4v) is 5.17. The second-order valence-electron chi connectivity index (χ2n) is 8.89. The number of hydrogen-bond acceptors (Lipinski definition) is 3. The first-order chi connectivity index (χ1) is 15.4. The summed E-state index contributed by atoms with van der Waals surface area (Å²) in [6.07, 6.45) is 3.57. The van der Waals surface area contributed by atoms with Gasteiger partial charge in [0.2, 0.25) is 0 Å². The number of rotatable bonds is 2. The van der Waals surface area contributed by atoms with E-state index in [4.69, 9.17) is 11.6 Å². The number of benzene rings is 2. The number of amides is 1. The smallest absolute Gasteiger partial charge is 0.274 e. The molecule has 0 saturated carbocycles. The molecule has 1 amide bonds. The molecule has 0 saturated heterocycles. The summed E-state index contributed by atoms with van der Waals surface area (Å²) in [5.74, 6) is -0.107. The number of aromatic nitrogens is 1. The first-order valence-electron chi connectivity index (χ1n) is 11.0. The lowest BCUT2D eigenvalue weighted by atomic mass is 9.94. The zero-order valence-corrected chi connectivity index (χ0v) is 19.3. The molecule has 164 valence electrons. The van der Waals surface area contributed by atoms with E-state index in [-0.39, 0.29) is 23.4 Å². The van der Waals surface area contributed by atoms with Crippen LogP contribution < -0.4 is 10.4 Å². The van der Waals surface area contributed by atoms with E-state index in [0.717, 1.165) is 17.9 Å². The monoisotopic (exact) mass is 447 g/mol. The molecule has 0 fully saturated rings. The highest BCUT2D eigenvalue weighted by Crippen LogP contribution is 2.38. The Hall–Kier alpha value is -3.05. The van der Waals surface area contributed by atoms with E-state index in [2.05, 4.69) is 41.4 Å². The van der Waals surface area contributed by atoms with Gasteiger partial charge >= 0.3 is 0 Å². The highest BCUT2D eigenvalue weighted by atomic mass is 35.5. The maximum absolute atomic E-state index is 13.4. The zero-order chi connectivity index (χ0) is 22.6. The number of hydrogen-bond donors (Lipinski definition) is 0. The molecule has 2 aromatic carbocycles. The van der Waals surface area contributed by atoms with E-state index in [0.29, 0.717) is 17.9 Å². The lowest BCUT2D eigenvalue weighted by Crippen LogP contribution is -2.57. The van der Waals surface area contributed by atoms with E-state index in [1.54, 1.807) is 19.2 Å². The molecule has 1 aliphatic carbocycles. The van der Waals surface area contributed by atoms with Crippen molar-refractivity contribution >= 4 is 17.5 Å². The molecule has 0 bridgehead atoms. The predicted octanol–water partition coefficient (Wildman–Crippen LogP) is 4.46. The van der Waals surface area contributed by atoms with Gasteiger partial charge in [0, 0.05) is 28.9 Å². The molecular formula is C26H26ClN3O2. The standard InChI is InChI=1S/C26H26ClN3O2/c1-16(2)28-15-30(29-13-12-23(31)17(3)24(29)26(28)32)25-21-7-5-4-6-18(21)8-9-19-14-20(27)10-11-22(19)25/h4-7,10-14,16,25H,8-9,15H2,1-3H3. The minimum Gasteiger partial charge on any atom is -0.316 e. The molecule has 3 aromatic rings. The third kappa shape index (κ3) is 3.23. The molecular weight excluding hydrogens is 422 g/mol. The zero-order valence-electron chi connectivity index (χ0n) is 18.5. The van der Waals surface area contributed by atoms with Gasteiger partial charge in [0.1, 0.15) is 12.4 Å². The molecule has 0 N–H and O–H groups in total. The molecule has 2 heterocycles. The molecule has 1 unspecified atom stereocenters. The fourth-order valence-electron chi connectivity index (χ4n) is 4.97. The summed E-state index contributed by atoms with van der Waals surface area (Å²) in [6, 6.07) is 16.0. The summed E-state index contributed by atoms with van der Waals surface area (Å²) < 4.78 is 1.89. The van der Waals surface area contributed by atoms with Crippen LogP contribution in [0.4, 0.5) is 0 Å². The van der Waals surface area contributed by atoms with Gasteiger partial charge in [-0.2, -0.15) is 0 Å². The van der Waals surface area contributed by atoms with Crippen molar-refractivity contribution in [3.05, 3.63) is 103 Å². The van der Waals surface area contributed by atoms with Crippen molar-refractivity contribution in [3.8, 4) is 0 Å². The third-order valence-electron chi connectivity index (χ3n) is 6.69. The summed E-state index contributed by atoms with van der Waals surface area (Å²) in [5, 5.41) is 2.94. The minimum absolute atomic E-state index is 0.000770. The minimum atomic E-state index is -0.122. The largest absolute Gasteiger partial charge is 0.316 e. The van der Waals surface area contributed by atoms with E-state index in [1.165, 1.54) is 22.3 Å². The van der Waals surface area contributed by atoms with Crippen LogP contribution in [0.25, 0.3) is 0 Å². The van der Waals surface area contributed by atoms with Crippen molar-refractivity contribution in [1.82, 2.24) is 9.58 Å². The summed E-state index contributed by atoms with van der Waals surface area (Å²) in [5.41, 5.74) is 5.70. The molecule has 2 aliphatic rings. The molecule has 32 heavy (non-hydrogen) atoms. The number of carbonyl (C=O) groups excluding carboxylic acids is 1. The molecule has 1 atom stereocenters.